The SMILES string of the molecule is CCCc1nc(C(=O)Nc2cc(C#N)ccc2Cl)n[nH]1. The summed E-state index contributed by atoms with van der Waals surface area (Å²) in [7, 11) is 0. The highest BCUT2D eigenvalue weighted by atomic mass is 35.5. The third-order valence-electron chi connectivity index (χ3n) is 2.57. The van der Waals surface area contributed by atoms with Gasteiger partial charge in [0.25, 0.3) is 5.91 Å². The maximum Gasteiger partial charge on any atom is 0.295 e. The van der Waals surface area contributed by atoms with E-state index in [9.17, 15) is 4.79 Å². The van der Waals surface area contributed by atoms with Crippen LogP contribution in [0.3, 0.4) is 0 Å². The Hall–Kier alpha value is -2.39. The van der Waals surface area contributed by atoms with Crippen molar-refractivity contribution in [1.82, 2.24) is 15.2 Å². The van der Waals surface area contributed by atoms with Crippen molar-refractivity contribution in [2.75, 3.05) is 5.32 Å². The van der Waals surface area contributed by atoms with Gasteiger partial charge in [0, 0.05) is 6.42 Å². The predicted octanol–water partition coefficient (Wildman–Crippen LogP) is 2.53. The van der Waals surface area contributed by atoms with E-state index in [1.807, 2.05) is 13.0 Å². The van der Waals surface area contributed by atoms with E-state index in [2.05, 4.69) is 20.5 Å². The fourth-order valence-electron chi connectivity index (χ4n) is 1.61. The van der Waals surface area contributed by atoms with Crippen molar-refractivity contribution in [1.29, 1.82) is 5.26 Å². The number of aromatic amines is 1. The van der Waals surface area contributed by atoms with Crippen LogP contribution in [0.4, 0.5) is 5.69 Å². The number of H-pyrrole nitrogens is 1. The Bertz CT molecular complexity index is 674. The molecule has 1 heterocycles. The van der Waals surface area contributed by atoms with Crippen LogP contribution in [0.1, 0.15) is 35.4 Å². The van der Waals surface area contributed by atoms with Crippen LogP contribution < -0.4 is 5.32 Å². The fourth-order valence-corrected chi connectivity index (χ4v) is 1.78. The Balaban J connectivity index is 2.16. The molecule has 20 heavy (non-hydrogen) atoms. The zero-order chi connectivity index (χ0) is 14.5. The summed E-state index contributed by atoms with van der Waals surface area (Å²) >= 11 is 5.97. The highest BCUT2D eigenvalue weighted by Crippen LogP contribution is 2.23. The van der Waals surface area contributed by atoms with Crippen LogP contribution in [0, 0.1) is 11.3 Å². The molecule has 2 N–H and O–H groups in total. The zero-order valence-electron chi connectivity index (χ0n) is 10.8. The number of carbonyl (C=O) groups excluding carboxylic acids is 1. The molecule has 0 radical (unpaired) electrons. The molecule has 0 aliphatic carbocycles. The second-order valence-corrected chi connectivity index (χ2v) is 4.52. The van der Waals surface area contributed by atoms with E-state index in [-0.39, 0.29) is 5.82 Å². The lowest BCUT2D eigenvalue weighted by atomic mass is 10.2. The van der Waals surface area contributed by atoms with Gasteiger partial charge >= 0.3 is 0 Å². The average molecular weight is 290 g/mol. The number of anilines is 1. The van der Waals surface area contributed by atoms with Gasteiger partial charge in [0.1, 0.15) is 5.82 Å². The van der Waals surface area contributed by atoms with E-state index in [0.717, 1.165) is 12.8 Å². The summed E-state index contributed by atoms with van der Waals surface area (Å²) in [5.41, 5.74) is 0.768. The lowest BCUT2D eigenvalue weighted by Gasteiger charge is -2.05. The van der Waals surface area contributed by atoms with E-state index in [4.69, 9.17) is 16.9 Å². The average Bonchev–Trinajstić information content (AvgIpc) is 2.90. The molecule has 0 bridgehead atoms. The number of rotatable bonds is 4. The van der Waals surface area contributed by atoms with E-state index in [1.165, 1.54) is 6.07 Å². The van der Waals surface area contributed by atoms with Crippen LogP contribution >= 0.6 is 11.6 Å². The van der Waals surface area contributed by atoms with E-state index >= 15 is 0 Å². The molecule has 1 amide bonds. The molecule has 2 aromatic rings. The van der Waals surface area contributed by atoms with Crippen molar-refractivity contribution in [2.45, 2.75) is 19.8 Å². The quantitative estimate of drug-likeness (QED) is 0.904. The first-order valence-corrected chi connectivity index (χ1v) is 6.44. The van der Waals surface area contributed by atoms with Crippen molar-refractivity contribution >= 4 is 23.2 Å². The molecule has 0 unspecified atom stereocenters. The van der Waals surface area contributed by atoms with Crippen LogP contribution in [0.25, 0.3) is 0 Å². The Morgan fingerprint density at radius 3 is 3.05 bits per heavy atom. The minimum atomic E-state index is -0.472. The molecule has 0 aliphatic heterocycles. The number of hydrogen-bond acceptors (Lipinski definition) is 4. The van der Waals surface area contributed by atoms with Gasteiger partial charge in [0.2, 0.25) is 5.82 Å². The first-order valence-electron chi connectivity index (χ1n) is 6.06. The largest absolute Gasteiger partial charge is 0.318 e. The Labute approximate surface area is 120 Å². The van der Waals surface area contributed by atoms with Crippen molar-refractivity contribution in [2.24, 2.45) is 0 Å². The third kappa shape index (κ3) is 3.13. The number of carbonyl (C=O) groups is 1. The molecular weight excluding hydrogens is 278 g/mol. The van der Waals surface area contributed by atoms with Gasteiger partial charge in [-0.2, -0.15) is 5.26 Å². The number of nitriles is 1. The first-order chi connectivity index (χ1) is 9.63. The van der Waals surface area contributed by atoms with Gasteiger partial charge in [0.15, 0.2) is 0 Å². The molecule has 6 nitrogen and oxygen atoms in total. The summed E-state index contributed by atoms with van der Waals surface area (Å²) < 4.78 is 0. The minimum absolute atomic E-state index is 0.0480. The number of amides is 1. The number of aryl methyl sites for hydroxylation is 1. The number of benzene rings is 1. The minimum Gasteiger partial charge on any atom is -0.318 e. The monoisotopic (exact) mass is 289 g/mol. The summed E-state index contributed by atoms with van der Waals surface area (Å²) in [6.45, 7) is 2.01. The van der Waals surface area contributed by atoms with Crippen molar-refractivity contribution in [3.8, 4) is 6.07 Å². The van der Waals surface area contributed by atoms with Crippen molar-refractivity contribution < 1.29 is 4.79 Å². The second-order valence-electron chi connectivity index (χ2n) is 4.12. The molecule has 7 heteroatoms. The number of nitrogens with zero attached hydrogens (tertiary/aromatic N) is 3. The maximum atomic E-state index is 12.0. The summed E-state index contributed by atoms with van der Waals surface area (Å²) in [4.78, 5) is 16.1. The van der Waals surface area contributed by atoms with Crippen LogP contribution in [0.15, 0.2) is 18.2 Å². The van der Waals surface area contributed by atoms with Crippen LogP contribution in [0.2, 0.25) is 5.02 Å². The van der Waals surface area contributed by atoms with Crippen molar-refractivity contribution in [3.63, 3.8) is 0 Å². The third-order valence-corrected chi connectivity index (χ3v) is 2.89. The number of nitrogens with one attached hydrogen (secondary N) is 2. The molecule has 1 aromatic carbocycles. The molecule has 0 fully saturated rings. The topological polar surface area (TPSA) is 94.5 Å². The Morgan fingerprint density at radius 1 is 1.55 bits per heavy atom. The van der Waals surface area contributed by atoms with Gasteiger partial charge < -0.3 is 5.32 Å². The van der Waals surface area contributed by atoms with Gasteiger partial charge in [-0.05, 0) is 24.6 Å². The molecule has 102 valence electrons. The van der Waals surface area contributed by atoms with Gasteiger partial charge in [-0.1, -0.05) is 18.5 Å². The van der Waals surface area contributed by atoms with Gasteiger partial charge in [0.05, 0.1) is 22.3 Å². The van der Waals surface area contributed by atoms with E-state index < -0.39 is 5.91 Å². The Kier molecular flexibility index (Phi) is 4.33. The highest BCUT2D eigenvalue weighted by molar-refractivity contribution is 6.33. The van der Waals surface area contributed by atoms with Crippen LogP contribution in [0.5, 0.6) is 0 Å². The smallest absolute Gasteiger partial charge is 0.295 e. The second kappa shape index (κ2) is 6.17. The molecule has 1 aromatic heterocycles. The summed E-state index contributed by atoms with van der Waals surface area (Å²) in [5, 5.41) is 18.3. The molecule has 0 saturated carbocycles. The molecule has 0 spiro atoms. The molecule has 2 rings (SSSR count). The Morgan fingerprint density at radius 2 is 2.35 bits per heavy atom. The van der Waals surface area contributed by atoms with Crippen molar-refractivity contribution in [3.05, 3.63) is 40.4 Å². The summed E-state index contributed by atoms with van der Waals surface area (Å²) in [5.74, 6) is 0.238. The normalized spacial score (nSPS) is 10.1. The molecule has 0 atom stereocenters. The maximum absolute atomic E-state index is 12.0. The zero-order valence-corrected chi connectivity index (χ0v) is 11.5. The molecule has 0 saturated heterocycles. The lowest BCUT2D eigenvalue weighted by Crippen LogP contribution is -2.14. The summed E-state index contributed by atoms with van der Waals surface area (Å²) in [6, 6.07) is 6.61. The van der Waals surface area contributed by atoms with Gasteiger partial charge in [-0.25, -0.2) is 4.98 Å². The van der Waals surface area contributed by atoms with E-state index in [0.29, 0.717) is 22.1 Å². The van der Waals surface area contributed by atoms with Crippen LogP contribution in [-0.2, 0) is 6.42 Å². The summed E-state index contributed by atoms with van der Waals surface area (Å²) in [6.07, 6.45) is 1.64. The lowest BCUT2D eigenvalue weighted by molar-refractivity contribution is 0.101. The van der Waals surface area contributed by atoms with Crippen LogP contribution in [-0.4, -0.2) is 21.1 Å². The number of hydrogen-bond donors (Lipinski definition) is 2. The predicted molar refractivity (Wildman–Crippen MR) is 74.5 cm³/mol. The van der Waals surface area contributed by atoms with E-state index in [1.54, 1.807) is 12.1 Å². The molecule has 0 aliphatic rings. The molecular formula is C13H12ClN5O. The number of aromatic nitrogens is 3. The fraction of sp³-hybridized carbons (Fsp3) is 0.231. The highest BCUT2D eigenvalue weighted by Gasteiger charge is 2.14. The first kappa shape index (κ1) is 14.0. The standard InChI is InChI=1S/C13H12ClN5O/c1-2-3-11-17-12(19-18-11)13(20)16-10-6-8(7-15)4-5-9(10)14/h4-6H,2-3H2,1H3,(H,16,20)(H,17,18,19). The van der Waals surface area contributed by atoms with Gasteiger partial charge in [-0.3, -0.25) is 9.89 Å². The van der Waals surface area contributed by atoms with Gasteiger partial charge in [-0.15, -0.1) is 5.10 Å². The number of halogens is 1.